The molecule has 0 fully saturated rings. The number of esters is 3. The predicted octanol–water partition coefficient (Wildman–Crippen LogP) is 23.8. The van der Waals surface area contributed by atoms with Crippen molar-refractivity contribution in [1.82, 2.24) is 0 Å². The van der Waals surface area contributed by atoms with Crippen LogP contribution in [0.2, 0.25) is 0 Å². The highest BCUT2D eigenvalue weighted by molar-refractivity contribution is 5.77. The number of phenolic OH excluding ortho intramolecular Hbond substituents is 2. The smallest absolute Gasteiger partial charge is 0.314 e. The number of aromatic hydroxyl groups is 2. The maximum absolute atomic E-state index is 15.5. The highest BCUT2D eigenvalue weighted by Gasteiger charge is 2.37. The zero-order chi connectivity index (χ0) is 73.2. The van der Waals surface area contributed by atoms with E-state index in [1.165, 1.54) is 83.5 Å². The molecule has 0 aliphatic heterocycles. The number of unbranched alkanes of at least 4 members (excludes halogenated alkanes) is 15. The van der Waals surface area contributed by atoms with Gasteiger partial charge in [0.2, 0.25) is 0 Å². The predicted molar refractivity (Wildman–Crippen MR) is 406 cm³/mol. The summed E-state index contributed by atoms with van der Waals surface area (Å²) in [5, 5.41) is 23.4. The van der Waals surface area contributed by atoms with Crippen LogP contribution in [0.25, 0.3) is 0 Å². The molecule has 3 unspecified atom stereocenters. The van der Waals surface area contributed by atoms with Crippen LogP contribution in [-0.4, -0.2) is 41.3 Å². The van der Waals surface area contributed by atoms with Crippen LogP contribution in [0.5, 0.6) is 28.7 Å². The minimum atomic E-state index is -0.854. The summed E-state index contributed by atoms with van der Waals surface area (Å²) in [6.45, 7) is 48.0. The number of ether oxygens (including phenoxy) is 5. The summed E-state index contributed by atoms with van der Waals surface area (Å²) in [4.78, 5) is 42.3. The molecule has 5 aromatic rings. The Morgan fingerprint density at radius 3 is 1.02 bits per heavy atom. The van der Waals surface area contributed by atoms with E-state index in [1.54, 1.807) is 13.8 Å². The molecule has 10 nitrogen and oxygen atoms in total. The minimum absolute atomic E-state index is 0.0152. The van der Waals surface area contributed by atoms with Crippen LogP contribution < -0.4 is 14.2 Å². The molecule has 3 atom stereocenters. The molecule has 0 saturated carbocycles. The Labute approximate surface area is 594 Å². The Balaban J connectivity index is 1.49. The van der Waals surface area contributed by atoms with Crippen molar-refractivity contribution in [2.24, 2.45) is 5.92 Å². The molecule has 10 heteroatoms. The molecule has 0 saturated heterocycles. The van der Waals surface area contributed by atoms with Crippen molar-refractivity contribution in [2.75, 3.05) is 13.2 Å². The highest BCUT2D eigenvalue weighted by atomic mass is 16.6. The van der Waals surface area contributed by atoms with Gasteiger partial charge in [-0.2, -0.15) is 0 Å². The number of hydrogen-bond donors (Lipinski definition) is 2. The van der Waals surface area contributed by atoms with E-state index in [9.17, 15) is 19.8 Å². The normalized spacial score (nSPS) is 13.6. The molecule has 0 aliphatic rings. The lowest BCUT2D eigenvalue weighted by atomic mass is 9.77. The summed E-state index contributed by atoms with van der Waals surface area (Å²) in [6, 6.07) is 28.0. The molecule has 544 valence electrons. The van der Waals surface area contributed by atoms with Gasteiger partial charge in [-0.15, -0.1) is 0 Å². The van der Waals surface area contributed by atoms with Crippen molar-refractivity contribution in [3.63, 3.8) is 0 Å². The summed E-state index contributed by atoms with van der Waals surface area (Å²) in [7, 11) is 0. The van der Waals surface area contributed by atoms with E-state index in [2.05, 4.69) is 158 Å². The van der Waals surface area contributed by atoms with Crippen LogP contribution in [0.4, 0.5) is 0 Å². The van der Waals surface area contributed by atoms with Crippen molar-refractivity contribution < 1.29 is 48.3 Å². The first-order valence-corrected chi connectivity index (χ1v) is 37.6. The molecule has 5 aromatic carbocycles. The SMILES string of the molecule is CCCCCCCCCCCCCCCCCCC(Cc1cc(C(C)(C)C)c(O)c(C(C)(C)C)c1)C(=O)Oc1c(C(C)(C)C)cc(C(COc2ccccc2C(C)(C)c2ccccc2OCC(OC(=O)CC)c2cc(C(C)(C)C)c(O)c(C(C)(C)C)c2)OC(=O)CC)cc1C(C)(C)C. The lowest BCUT2D eigenvalue weighted by Crippen LogP contribution is -2.28. The Bertz CT molecular complexity index is 3250. The molecular formula is C88H132O10. The molecule has 0 aromatic heterocycles. The van der Waals surface area contributed by atoms with Crippen molar-refractivity contribution in [3.05, 3.63) is 146 Å². The van der Waals surface area contributed by atoms with Crippen LogP contribution in [0.15, 0.2) is 84.9 Å². The number of rotatable bonds is 35. The summed E-state index contributed by atoms with van der Waals surface area (Å²) < 4.78 is 33.3. The standard InChI is InChI=1S/C88H132O10/c1-24-27-28-29-30-31-32-33-34-35-36-37-38-39-40-41-46-61(51-60-52-66(82(4,5)6)78(91)67(53-60)83(7,8)9)81(93)98-80-70(86(16,17)18)56-63(57-71(80)87(19,20)21)75(97-77(90)26-3)59-95-73-50-45-43-48-65(73)88(22,23)64-47-42-44-49-72(64)94-58-74(96-76(89)25-2)62-54-68(84(10,11)12)79(92)69(55-62)85(13,14)15/h42-45,47-50,52-57,61,74-75,91-92H,24-41,46,51,58-59H2,1-23H3. The van der Waals surface area contributed by atoms with Gasteiger partial charge < -0.3 is 33.9 Å². The number of carbonyl (C=O) groups is 3. The van der Waals surface area contributed by atoms with Crippen LogP contribution in [0, 0.1) is 5.92 Å². The van der Waals surface area contributed by atoms with E-state index < -0.39 is 45.2 Å². The lowest BCUT2D eigenvalue weighted by Gasteiger charge is -2.33. The molecule has 0 aliphatic carbocycles. The molecule has 0 bridgehead atoms. The van der Waals surface area contributed by atoms with Gasteiger partial charge in [0.15, 0.2) is 12.2 Å². The summed E-state index contributed by atoms with van der Waals surface area (Å²) in [5.74, 6) is 0.819. The van der Waals surface area contributed by atoms with Gasteiger partial charge in [-0.05, 0) is 121 Å². The van der Waals surface area contributed by atoms with Crippen LogP contribution in [-0.2, 0) is 68.2 Å². The minimum Gasteiger partial charge on any atom is -0.507 e. The second kappa shape index (κ2) is 35.8. The number of para-hydroxylation sites is 2. The first-order valence-electron chi connectivity index (χ1n) is 37.6. The van der Waals surface area contributed by atoms with Gasteiger partial charge in [-0.25, -0.2) is 0 Å². The average molecular weight is 1350 g/mol. The molecular weight excluding hydrogens is 1220 g/mol. The fourth-order valence-corrected chi connectivity index (χ4v) is 13.3. The molecule has 5 rings (SSSR count). The Morgan fingerprint density at radius 2 is 0.694 bits per heavy atom. The van der Waals surface area contributed by atoms with Crippen molar-refractivity contribution in [3.8, 4) is 28.7 Å². The third-order valence-electron chi connectivity index (χ3n) is 19.5. The lowest BCUT2D eigenvalue weighted by molar-refractivity contribution is -0.151. The zero-order valence-corrected chi connectivity index (χ0v) is 65.5. The number of benzene rings is 5. The first-order chi connectivity index (χ1) is 45.6. The van der Waals surface area contributed by atoms with Gasteiger partial charge in [0, 0.05) is 40.5 Å². The van der Waals surface area contributed by atoms with E-state index in [0.29, 0.717) is 35.8 Å². The van der Waals surface area contributed by atoms with Gasteiger partial charge in [0.25, 0.3) is 0 Å². The third-order valence-corrected chi connectivity index (χ3v) is 19.5. The summed E-state index contributed by atoms with van der Waals surface area (Å²) in [6.07, 6.45) is 20.2. The highest BCUT2D eigenvalue weighted by Crippen LogP contribution is 2.47. The fraction of sp³-hybridized carbons (Fsp3) is 0.625. The second-order valence-corrected chi connectivity index (χ2v) is 34.8. The van der Waals surface area contributed by atoms with Crippen LogP contribution >= 0.6 is 0 Å². The van der Waals surface area contributed by atoms with E-state index in [-0.39, 0.29) is 60.5 Å². The average Bonchev–Trinajstić information content (AvgIpc) is 0.780. The monoisotopic (exact) mass is 1350 g/mol. The zero-order valence-electron chi connectivity index (χ0n) is 65.5. The maximum Gasteiger partial charge on any atom is 0.314 e. The van der Waals surface area contributed by atoms with Crippen molar-refractivity contribution in [2.45, 2.75) is 338 Å². The quantitative estimate of drug-likeness (QED) is 0.0229. The van der Waals surface area contributed by atoms with Gasteiger partial charge in [0.1, 0.15) is 42.0 Å². The fourth-order valence-electron chi connectivity index (χ4n) is 13.3. The number of phenols is 2. The summed E-state index contributed by atoms with van der Waals surface area (Å²) in [5.41, 5.74) is 5.85. The largest absolute Gasteiger partial charge is 0.507 e. The van der Waals surface area contributed by atoms with E-state index in [0.717, 1.165) is 80.5 Å². The molecule has 0 spiro atoms. The van der Waals surface area contributed by atoms with Crippen LogP contribution in [0.1, 0.15) is 355 Å². The molecule has 2 N–H and O–H groups in total. The van der Waals surface area contributed by atoms with Gasteiger partial charge in [-0.1, -0.05) is 311 Å². The Morgan fingerprint density at radius 1 is 0.388 bits per heavy atom. The Kier molecular flexibility index (Phi) is 30.1. The van der Waals surface area contributed by atoms with Gasteiger partial charge >= 0.3 is 17.9 Å². The maximum atomic E-state index is 15.5. The van der Waals surface area contributed by atoms with Gasteiger partial charge in [-0.3, -0.25) is 14.4 Å². The second-order valence-electron chi connectivity index (χ2n) is 34.8. The Hall–Kier alpha value is -6.29. The van der Waals surface area contributed by atoms with Crippen molar-refractivity contribution in [1.29, 1.82) is 0 Å². The summed E-state index contributed by atoms with van der Waals surface area (Å²) >= 11 is 0. The third kappa shape index (κ3) is 23.9. The number of hydrogen-bond acceptors (Lipinski definition) is 10. The topological polar surface area (TPSA) is 138 Å². The van der Waals surface area contributed by atoms with Crippen LogP contribution in [0.3, 0.4) is 0 Å². The molecule has 98 heavy (non-hydrogen) atoms. The molecule has 0 radical (unpaired) electrons. The van der Waals surface area contributed by atoms with E-state index in [4.69, 9.17) is 23.7 Å². The van der Waals surface area contributed by atoms with E-state index in [1.807, 2.05) is 72.8 Å². The van der Waals surface area contributed by atoms with E-state index >= 15 is 4.79 Å². The van der Waals surface area contributed by atoms with Crippen molar-refractivity contribution >= 4 is 17.9 Å². The molecule has 0 amide bonds. The molecule has 0 heterocycles. The van der Waals surface area contributed by atoms with Gasteiger partial charge in [0.05, 0.1) is 5.92 Å². The number of carbonyl (C=O) groups excluding carboxylic acids is 3. The first kappa shape index (κ1) is 82.4.